The van der Waals surface area contributed by atoms with Crippen LogP contribution < -0.4 is 9.64 Å². The smallest absolute Gasteiger partial charge is 0.270 e. The first-order valence-electron chi connectivity index (χ1n) is 7.21. The van der Waals surface area contributed by atoms with Gasteiger partial charge in [-0.3, -0.25) is 9.69 Å². The summed E-state index contributed by atoms with van der Waals surface area (Å²) in [5.41, 5.74) is 2.58. The van der Waals surface area contributed by atoms with Crippen LogP contribution in [0.3, 0.4) is 0 Å². The highest BCUT2D eigenvalue weighted by Gasteiger charge is 2.33. The number of thiocarbonyl (C=S) groups is 1. The fourth-order valence-corrected chi connectivity index (χ4v) is 3.63. The van der Waals surface area contributed by atoms with E-state index < -0.39 is 0 Å². The summed E-state index contributed by atoms with van der Waals surface area (Å²) >= 11 is 6.60. The number of thioether (sulfide) groups is 1. The molecule has 1 heterocycles. The van der Waals surface area contributed by atoms with Crippen molar-refractivity contribution in [2.75, 3.05) is 12.0 Å². The largest absolute Gasteiger partial charge is 0.504 e. The van der Waals surface area contributed by atoms with Crippen LogP contribution in [0.25, 0.3) is 6.08 Å². The Hall–Kier alpha value is -2.31. The lowest BCUT2D eigenvalue weighted by Crippen LogP contribution is -2.27. The second-order valence-electron chi connectivity index (χ2n) is 5.28. The van der Waals surface area contributed by atoms with E-state index in [1.807, 2.05) is 31.2 Å². The van der Waals surface area contributed by atoms with Crippen molar-refractivity contribution in [1.29, 1.82) is 0 Å². The van der Waals surface area contributed by atoms with Gasteiger partial charge in [-0.05, 0) is 42.8 Å². The molecule has 0 bridgehead atoms. The van der Waals surface area contributed by atoms with E-state index in [9.17, 15) is 9.90 Å². The van der Waals surface area contributed by atoms with E-state index in [4.69, 9.17) is 17.0 Å². The Morgan fingerprint density at radius 2 is 1.92 bits per heavy atom. The Kier molecular flexibility index (Phi) is 4.59. The van der Waals surface area contributed by atoms with Crippen LogP contribution in [0, 0.1) is 6.92 Å². The van der Waals surface area contributed by atoms with Gasteiger partial charge >= 0.3 is 0 Å². The number of anilines is 1. The van der Waals surface area contributed by atoms with Crippen molar-refractivity contribution in [2.24, 2.45) is 0 Å². The highest BCUT2D eigenvalue weighted by molar-refractivity contribution is 8.27. The van der Waals surface area contributed by atoms with Crippen LogP contribution >= 0.6 is 24.0 Å². The molecule has 1 aliphatic heterocycles. The topological polar surface area (TPSA) is 49.8 Å². The second kappa shape index (κ2) is 6.67. The van der Waals surface area contributed by atoms with Gasteiger partial charge in [-0.25, -0.2) is 0 Å². The van der Waals surface area contributed by atoms with Crippen LogP contribution in [-0.2, 0) is 4.79 Å². The van der Waals surface area contributed by atoms with E-state index in [1.165, 1.54) is 23.8 Å². The zero-order chi connectivity index (χ0) is 17.3. The molecule has 0 aliphatic carbocycles. The number of amides is 1. The molecular weight excluding hydrogens is 342 g/mol. The number of nitrogens with zero attached hydrogens (tertiary/aromatic N) is 1. The minimum Gasteiger partial charge on any atom is -0.504 e. The van der Waals surface area contributed by atoms with Crippen LogP contribution in [0.1, 0.15) is 11.1 Å². The molecule has 122 valence electrons. The third kappa shape index (κ3) is 3.16. The van der Waals surface area contributed by atoms with Crippen LogP contribution in [0.5, 0.6) is 11.5 Å². The number of hydrogen-bond donors (Lipinski definition) is 1. The quantitative estimate of drug-likeness (QED) is 0.662. The van der Waals surface area contributed by atoms with E-state index >= 15 is 0 Å². The van der Waals surface area contributed by atoms with Gasteiger partial charge in [0.25, 0.3) is 5.91 Å². The summed E-state index contributed by atoms with van der Waals surface area (Å²) in [5.74, 6) is 0.253. The van der Waals surface area contributed by atoms with E-state index in [-0.39, 0.29) is 11.7 Å². The number of aryl methyl sites for hydroxylation is 1. The number of phenols is 1. The normalized spacial score (nSPS) is 16.1. The predicted molar refractivity (Wildman–Crippen MR) is 101 cm³/mol. The van der Waals surface area contributed by atoms with Gasteiger partial charge in [-0.2, -0.15) is 0 Å². The highest BCUT2D eigenvalue weighted by Crippen LogP contribution is 2.37. The Morgan fingerprint density at radius 3 is 2.54 bits per heavy atom. The molecular formula is C18H15NO3S2. The molecule has 3 rings (SSSR count). The van der Waals surface area contributed by atoms with Gasteiger partial charge in [0.1, 0.15) is 0 Å². The molecule has 0 atom stereocenters. The standard InChI is InChI=1S/C18H15NO3S2/c1-11-3-6-13(7-4-11)19-17(21)16(24-18(19)23)10-12-5-8-15(22-2)14(20)9-12/h3-10,20H,1-2H3/b16-10+. The average molecular weight is 357 g/mol. The fourth-order valence-electron chi connectivity index (χ4n) is 2.33. The Labute approximate surface area is 149 Å². The zero-order valence-corrected chi connectivity index (χ0v) is 14.8. The minimum atomic E-state index is -0.163. The van der Waals surface area contributed by atoms with Crippen molar-refractivity contribution in [3.63, 3.8) is 0 Å². The minimum absolute atomic E-state index is 0.0280. The Morgan fingerprint density at radius 1 is 1.21 bits per heavy atom. The molecule has 2 aromatic carbocycles. The molecule has 1 fully saturated rings. The molecule has 2 aromatic rings. The molecule has 0 saturated carbocycles. The van der Waals surface area contributed by atoms with Crippen LogP contribution in [-0.4, -0.2) is 22.4 Å². The number of phenolic OH excluding ortho intramolecular Hbond substituents is 1. The molecule has 1 saturated heterocycles. The molecule has 0 aromatic heterocycles. The summed E-state index contributed by atoms with van der Waals surface area (Å²) in [7, 11) is 1.49. The summed E-state index contributed by atoms with van der Waals surface area (Å²) in [6, 6.07) is 12.6. The van der Waals surface area contributed by atoms with Gasteiger partial charge in [0.05, 0.1) is 17.7 Å². The van der Waals surface area contributed by atoms with E-state index in [0.717, 1.165) is 11.3 Å². The number of methoxy groups -OCH3 is 1. The molecule has 6 heteroatoms. The number of aromatic hydroxyl groups is 1. The molecule has 4 nitrogen and oxygen atoms in total. The van der Waals surface area contributed by atoms with Crippen LogP contribution in [0.2, 0.25) is 0 Å². The number of carbonyl (C=O) groups is 1. The van der Waals surface area contributed by atoms with Crippen molar-refractivity contribution >= 4 is 46.0 Å². The van der Waals surface area contributed by atoms with Gasteiger partial charge < -0.3 is 9.84 Å². The Balaban J connectivity index is 1.90. The second-order valence-corrected chi connectivity index (χ2v) is 6.96. The molecule has 1 amide bonds. The number of rotatable bonds is 3. The third-order valence-corrected chi connectivity index (χ3v) is 4.89. The molecule has 0 spiro atoms. The molecule has 0 unspecified atom stereocenters. The van der Waals surface area contributed by atoms with Crippen molar-refractivity contribution in [1.82, 2.24) is 0 Å². The zero-order valence-electron chi connectivity index (χ0n) is 13.1. The average Bonchev–Trinajstić information content (AvgIpc) is 2.83. The van der Waals surface area contributed by atoms with Crippen molar-refractivity contribution in [2.45, 2.75) is 6.92 Å². The monoisotopic (exact) mass is 357 g/mol. The molecule has 0 radical (unpaired) electrons. The molecule has 1 aliphatic rings. The lowest BCUT2D eigenvalue weighted by Gasteiger charge is -2.14. The Bertz CT molecular complexity index is 844. The fraction of sp³-hybridized carbons (Fsp3) is 0.111. The molecule has 24 heavy (non-hydrogen) atoms. The maximum absolute atomic E-state index is 12.7. The van der Waals surface area contributed by atoms with Gasteiger partial charge in [0.2, 0.25) is 0 Å². The summed E-state index contributed by atoms with van der Waals surface area (Å²) < 4.78 is 5.51. The van der Waals surface area contributed by atoms with Gasteiger partial charge in [-0.15, -0.1) is 0 Å². The van der Waals surface area contributed by atoms with Crippen molar-refractivity contribution in [3.8, 4) is 11.5 Å². The maximum Gasteiger partial charge on any atom is 0.270 e. The number of benzene rings is 2. The maximum atomic E-state index is 12.7. The van der Waals surface area contributed by atoms with Crippen LogP contribution in [0.15, 0.2) is 47.4 Å². The highest BCUT2D eigenvalue weighted by atomic mass is 32.2. The van der Waals surface area contributed by atoms with Crippen LogP contribution in [0.4, 0.5) is 5.69 Å². The molecule has 1 N–H and O–H groups in total. The van der Waals surface area contributed by atoms with Crippen molar-refractivity contribution < 1.29 is 14.6 Å². The first-order chi connectivity index (χ1) is 11.5. The van der Waals surface area contributed by atoms with E-state index in [1.54, 1.807) is 24.3 Å². The number of carbonyl (C=O) groups excluding carboxylic acids is 1. The lowest BCUT2D eigenvalue weighted by molar-refractivity contribution is -0.113. The number of hydrogen-bond acceptors (Lipinski definition) is 5. The summed E-state index contributed by atoms with van der Waals surface area (Å²) in [4.78, 5) is 14.7. The van der Waals surface area contributed by atoms with E-state index in [0.29, 0.717) is 20.5 Å². The van der Waals surface area contributed by atoms with Gasteiger partial charge in [0.15, 0.2) is 15.8 Å². The summed E-state index contributed by atoms with van der Waals surface area (Å²) in [6.07, 6.45) is 1.71. The predicted octanol–water partition coefficient (Wildman–Crippen LogP) is 4.12. The lowest BCUT2D eigenvalue weighted by atomic mass is 10.1. The summed E-state index contributed by atoms with van der Waals surface area (Å²) in [5, 5.41) is 9.86. The van der Waals surface area contributed by atoms with Crippen molar-refractivity contribution in [3.05, 3.63) is 58.5 Å². The SMILES string of the molecule is COc1ccc(/C=C2/SC(=S)N(c3ccc(C)cc3)C2=O)cc1O. The third-order valence-electron chi connectivity index (χ3n) is 3.59. The van der Waals surface area contributed by atoms with Gasteiger partial charge in [-0.1, -0.05) is 47.7 Å². The van der Waals surface area contributed by atoms with Gasteiger partial charge in [0, 0.05) is 0 Å². The first-order valence-corrected chi connectivity index (χ1v) is 8.43. The number of ether oxygens (including phenoxy) is 1. The summed E-state index contributed by atoms with van der Waals surface area (Å²) in [6.45, 7) is 1.99. The van der Waals surface area contributed by atoms with E-state index in [2.05, 4.69) is 0 Å². The first kappa shape index (κ1) is 16.5.